The lowest BCUT2D eigenvalue weighted by Crippen LogP contribution is -2.28. The summed E-state index contributed by atoms with van der Waals surface area (Å²) >= 11 is 0. The van der Waals surface area contributed by atoms with Crippen molar-refractivity contribution in [3.05, 3.63) is 65.5 Å². The largest absolute Gasteiger partial charge is 0.489 e. The summed E-state index contributed by atoms with van der Waals surface area (Å²) in [6.45, 7) is 0.271. The molecule has 0 fully saturated rings. The molecule has 2 aromatic rings. The van der Waals surface area contributed by atoms with Gasteiger partial charge in [-0.2, -0.15) is 0 Å². The number of rotatable bonds is 6. The van der Waals surface area contributed by atoms with E-state index < -0.39 is 18.2 Å². The molecule has 2 atom stereocenters. The fraction of sp³-hybridized carbons (Fsp3) is 0.235. The van der Waals surface area contributed by atoms with E-state index >= 15 is 0 Å². The number of aliphatic hydroxyl groups is 2. The summed E-state index contributed by atoms with van der Waals surface area (Å²) in [6, 6.07) is 12.2. The summed E-state index contributed by atoms with van der Waals surface area (Å²) < 4.78 is 22.7. The zero-order valence-electron chi connectivity index (χ0n) is 12.5. The summed E-state index contributed by atoms with van der Waals surface area (Å²) in [4.78, 5) is 11.2. The van der Waals surface area contributed by atoms with Gasteiger partial charge in [-0.1, -0.05) is 24.3 Å². The molecule has 0 saturated carbocycles. The minimum atomic E-state index is -1.65. The monoisotopic (exact) mass is 320 g/mol. The van der Waals surface area contributed by atoms with Crippen LogP contribution in [0.1, 0.15) is 17.2 Å². The van der Waals surface area contributed by atoms with Crippen LogP contribution >= 0.6 is 0 Å². The Balaban J connectivity index is 1.96. The van der Waals surface area contributed by atoms with Crippen molar-refractivity contribution in [3.8, 4) is 5.75 Å². The van der Waals surface area contributed by atoms with Crippen molar-refractivity contribution in [2.75, 3.05) is 7.11 Å². The molecule has 0 aliphatic carbocycles. The Labute approximate surface area is 132 Å². The summed E-state index contributed by atoms with van der Waals surface area (Å²) in [7, 11) is 1.13. The molecule has 2 N–H and O–H groups in total. The maximum absolute atomic E-state index is 12.8. The first kappa shape index (κ1) is 16.9. The Morgan fingerprint density at radius 1 is 1.09 bits per heavy atom. The van der Waals surface area contributed by atoms with E-state index in [1.807, 2.05) is 0 Å². The van der Waals surface area contributed by atoms with Gasteiger partial charge in [-0.3, -0.25) is 0 Å². The van der Waals surface area contributed by atoms with Gasteiger partial charge < -0.3 is 19.7 Å². The van der Waals surface area contributed by atoms with Crippen LogP contribution in [0.15, 0.2) is 48.5 Å². The van der Waals surface area contributed by atoms with Crippen LogP contribution in [0, 0.1) is 5.82 Å². The molecule has 0 radical (unpaired) electrons. The Bertz CT molecular complexity index is 639. The van der Waals surface area contributed by atoms with Crippen molar-refractivity contribution in [1.82, 2.24) is 0 Å². The predicted octanol–water partition coefficient (Wildman–Crippen LogP) is 1.97. The molecule has 2 rings (SSSR count). The number of carbonyl (C=O) groups excluding carboxylic acids is 1. The van der Waals surface area contributed by atoms with E-state index in [0.717, 1.165) is 12.7 Å². The molecule has 0 aliphatic heterocycles. The number of aliphatic hydroxyl groups excluding tert-OH is 2. The first-order valence-electron chi connectivity index (χ1n) is 6.92. The fourth-order valence-electron chi connectivity index (χ4n) is 1.94. The quantitative estimate of drug-likeness (QED) is 0.796. The van der Waals surface area contributed by atoms with E-state index in [2.05, 4.69) is 4.74 Å². The summed E-state index contributed by atoms with van der Waals surface area (Å²) in [5, 5.41) is 19.5. The third-order valence-electron chi connectivity index (χ3n) is 3.28. The Kier molecular flexibility index (Phi) is 5.67. The van der Waals surface area contributed by atoms with Crippen LogP contribution in [-0.4, -0.2) is 29.4 Å². The summed E-state index contributed by atoms with van der Waals surface area (Å²) in [6.07, 6.45) is -3.03. The van der Waals surface area contributed by atoms with Gasteiger partial charge >= 0.3 is 5.97 Å². The van der Waals surface area contributed by atoms with Crippen LogP contribution < -0.4 is 4.74 Å². The van der Waals surface area contributed by atoms with E-state index in [-0.39, 0.29) is 12.4 Å². The van der Waals surface area contributed by atoms with Crippen molar-refractivity contribution >= 4 is 5.97 Å². The van der Waals surface area contributed by atoms with E-state index in [1.165, 1.54) is 24.3 Å². The highest BCUT2D eigenvalue weighted by molar-refractivity contribution is 5.75. The van der Waals surface area contributed by atoms with Crippen molar-refractivity contribution in [2.45, 2.75) is 18.8 Å². The number of halogens is 1. The third-order valence-corrected chi connectivity index (χ3v) is 3.28. The third kappa shape index (κ3) is 4.51. The molecule has 0 aliphatic rings. The molecular weight excluding hydrogens is 303 g/mol. The molecule has 6 heteroatoms. The van der Waals surface area contributed by atoms with Gasteiger partial charge in [-0.25, -0.2) is 9.18 Å². The molecule has 122 valence electrons. The number of carbonyl (C=O) groups is 1. The number of ether oxygens (including phenoxy) is 2. The highest BCUT2D eigenvalue weighted by atomic mass is 19.1. The first-order chi connectivity index (χ1) is 11.0. The second-order valence-electron chi connectivity index (χ2n) is 4.90. The number of hydrogen-bond donors (Lipinski definition) is 2. The smallest absolute Gasteiger partial charge is 0.337 e. The minimum Gasteiger partial charge on any atom is -0.489 e. The molecule has 0 heterocycles. The number of benzene rings is 2. The lowest BCUT2D eigenvalue weighted by atomic mass is 10.0. The van der Waals surface area contributed by atoms with Gasteiger partial charge in [0, 0.05) is 0 Å². The second-order valence-corrected chi connectivity index (χ2v) is 4.90. The zero-order chi connectivity index (χ0) is 16.8. The molecule has 0 bridgehead atoms. The van der Waals surface area contributed by atoms with Gasteiger partial charge in [0.15, 0.2) is 6.10 Å². The molecule has 0 spiro atoms. The van der Waals surface area contributed by atoms with Gasteiger partial charge in [-0.05, 0) is 35.4 Å². The number of methoxy groups -OCH3 is 1. The van der Waals surface area contributed by atoms with Gasteiger partial charge in [-0.15, -0.1) is 0 Å². The first-order valence-corrected chi connectivity index (χ1v) is 6.92. The maximum Gasteiger partial charge on any atom is 0.337 e. The molecule has 0 saturated heterocycles. The van der Waals surface area contributed by atoms with Crippen LogP contribution in [0.25, 0.3) is 0 Å². The average molecular weight is 320 g/mol. The zero-order valence-corrected chi connectivity index (χ0v) is 12.5. The van der Waals surface area contributed by atoms with E-state index in [4.69, 9.17) is 4.74 Å². The normalized spacial score (nSPS) is 13.2. The molecule has 5 nitrogen and oxygen atoms in total. The lowest BCUT2D eigenvalue weighted by Gasteiger charge is -2.16. The molecule has 0 amide bonds. The molecular formula is C17H17FO5. The minimum absolute atomic E-state index is 0.271. The van der Waals surface area contributed by atoms with Crippen molar-refractivity contribution in [2.24, 2.45) is 0 Å². The molecule has 23 heavy (non-hydrogen) atoms. The van der Waals surface area contributed by atoms with Crippen LogP contribution in [0.3, 0.4) is 0 Å². The highest BCUT2D eigenvalue weighted by Crippen LogP contribution is 2.21. The summed E-state index contributed by atoms with van der Waals surface area (Å²) in [5.74, 6) is -0.678. The van der Waals surface area contributed by atoms with Crippen molar-refractivity contribution in [3.63, 3.8) is 0 Å². The number of esters is 1. The topological polar surface area (TPSA) is 76.0 Å². The van der Waals surface area contributed by atoms with Crippen LogP contribution in [0.5, 0.6) is 5.75 Å². The molecule has 0 aromatic heterocycles. The highest BCUT2D eigenvalue weighted by Gasteiger charge is 2.26. The van der Waals surface area contributed by atoms with Gasteiger partial charge in [0.2, 0.25) is 0 Å². The van der Waals surface area contributed by atoms with E-state index in [0.29, 0.717) is 11.3 Å². The number of hydrogen-bond acceptors (Lipinski definition) is 5. The van der Waals surface area contributed by atoms with Crippen LogP contribution in [-0.2, 0) is 16.1 Å². The maximum atomic E-state index is 12.8. The Morgan fingerprint density at radius 2 is 1.70 bits per heavy atom. The van der Waals surface area contributed by atoms with Gasteiger partial charge in [0.1, 0.15) is 24.3 Å². The fourth-order valence-corrected chi connectivity index (χ4v) is 1.94. The SMILES string of the molecule is COC(=O)C(O)C(O)c1ccc(OCc2ccc(F)cc2)cc1. The van der Waals surface area contributed by atoms with Crippen molar-refractivity contribution < 1.29 is 28.9 Å². The van der Waals surface area contributed by atoms with Crippen molar-refractivity contribution in [1.29, 1.82) is 0 Å². The Hall–Kier alpha value is -2.44. The molecule has 2 unspecified atom stereocenters. The lowest BCUT2D eigenvalue weighted by molar-refractivity contribution is -0.156. The summed E-state index contributed by atoms with van der Waals surface area (Å²) in [5.41, 5.74) is 1.17. The van der Waals surface area contributed by atoms with Crippen LogP contribution in [0.4, 0.5) is 4.39 Å². The average Bonchev–Trinajstić information content (AvgIpc) is 2.59. The van der Waals surface area contributed by atoms with Gasteiger partial charge in [0.05, 0.1) is 7.11 Å². The predicted molar refractivity (Wildman–Crippen MR) is 80.2 cm³/mol. The molecule has 2 aromatic carbocycles. The Morgan fingerprint density at radius 3 is 2.26 bits per heavy atom. The van der Waals surface area contributed by atoms with E-state index in [9.17, 15) is 19.4 Å². The second kappa shape index (κ2) is 7.71. The van der Waals surface area contributed by atoms with Crippen LogP contribution in [0.2, 0.25) is 0 Å². The van der Waals surface area contributed by atoms with Gasteiger partial charge in [0.25, 0.3) is 0 Å². The standard InChI is InChI=1S/C17H17FO5/c1-22-17(21)16(20)15(19)12-4-8-14(9-5-12)23-10-11-2-6-13(18)7-3-11/h2-9,15-16,19-20H,10H2,1H3. The van der Waals surface area contributed by atoms with E-state index in [1.54, 1.807) is 24.3 Å².